The largest absolute Gasteiger partial charge is 0.466 e. The van der Waals surface area contributed by atoms with Crippen LogP contribution in [-0.2, 0) is 9.53 Å². The molecule has 1 aromatic heterocycles. The number of esters is 1. The van der Waals surface area contributed by atoms with Gasteiger partial charge >= 0.3 is 12.0 Å². The van der Waals surface area contributed by atoms with Crippen molar-refractivity contribution in [3.05, 3.63) is 58.6 Å². The highest BCUT2D eigenvalue weighted by Gasteiger charge is 2.42. The molecule has 4 rings (SSSR count). The molecule has 26 heavy (non-hydrogen) atoms. The molecule has 0 radical (unpaired) electrons. The highest BCUT2D eigenvalue weighted by atomic mass is 32.1. The third-order valence-corrected chi connectivity index (χ3v) is 6.01. The summed E-state index contributed by atoms with van der Waals surface area (Å²) in [5.74, 6) is -0.396. The van der Waals surface area contributed by atoms with Crippen LogP contribution >= 0.6 is 11.3 Å². The molecule has 5 nitrogen and oxygen atoms in total. The van der Waals surface area contributed by atoms with Crippen molar-refractivity contribution in [2.24, 2.45) is 0 Å². The molecule has 2 aliphatic rings. The number of methoxy groups -OCH3 is 1. The van der Waals surface area contributed by atoms with Gasteiger partial charge in [-0.15, -0.1) is 11.3 Å². The molecule has 1 fully saturated rings. The molecule has 0 saturated heterocycles. The van der Waals surface area contributed by atoms with Crippen molar-refractivity contribution in [1.82, 2.24) is 10.2 Å². The number of allylic oxidation sites excluding steroid dienone is 1. The van der Waals surface area contributed by atoms with Crippen molar-refractivity contribution in [3.63, 3.8) is 0 Å². The van der Waals surface area contributed by atoms with Crippen molar-refractivity contribution in [2.75, 3.05) is 7.11 Å². The van der Waals surface area contributed by atoms with Gasteiger partial charge in [0.25, 0.3) is 0 Å². The first kappa shape index (κ1) is 16.8. The molecule has 1 saturated carbocycles. The Bertz CT molecular complexity index is 883. The average molecular weight is 368 g/mol. The van der Waals surface area contributed by atoms with E-state index in [-0.39, 0.29) is 12.1 Å². The number of amides is 2. The quantitative estimate of drug-likeness (QED) is 0.827. The summed E-state index contributed by atoms with van der Waals surface area (Å²) in [6.45, 7) is 1.84. The molecule has 2 heterocycles. The second-order valence-electron chi connectivity index (χ2n) is 6.54. The molecular weight excluding hydrogens is 348 g/mol. The number of nitrogens with one attached hydrogen (secondary N) is 1. The van der Waals surface area contributed by atoms with Gasteiger partial charge in [-0.05, 0) is 37.5 Å². The van der Waals surface area contributed by atoms with Gasteiger partial charge in [0.15, 0.2) is 0 Å². The topological polar surface area (TPSA) is 58.6 Å². The third kappa shape index (κ3) is 2.90. The van der Waals surface area contributed by atoms with Crippen LogP contribution in [0, 0.1) is 0 Å². The minimum Gasteiger partial charge on any atom is -0.466 e. The number of thiophene rings is 1. The zero-order valence-electron chi connectivity index (χ0n) is 14.7. The second kappa shape index (κ2) is 6.61. The molecule has 1 atom stereocenters. The van der Waals surface area contributed by atoms with Gasteiger partial charge in [0.2, 0.25) is 0 Å². The molecule has 1 aliphatic carbocycles. The number of carbonyl (C=O) groups excluding carboxylic acids is 2. The number of hydrogen-bond donors (Lipinski definition) is 1. The van der Waals surface area contributed by atoms with Gasteiger partial charge in [-0.3, -0.25) is 4.90 Å². The predicted octanol–water partition coefficient (Wildman–Crippen LogP) is 4.09. The van der Waals surface area contributed by atoms with E-state index in [2.05, 4.69) is 5.32 Å². The molecule has 1 unspecified atom stereocenters. The van der Waals surface area contributed by atoms with Gasteiger partial charge in [0, 0.05) is 21.5 Å². The van der Waals surface area contributed by atoms with E-state index in [1.807, 2.05) is 49.4 Å². The number of ether oxygens (including phenoxy) is 1. The van der Waals surface area contributed by atoms with Gasteiger partial charge < -0.3 is 10.1 Å². The molecule has 6 heteroatoms. The van der Waals surface area contributed by atoms with E-state index in [1.165, 1.54) is 7.11 Å². The van der Waals surface area contributed by atoms with Crippen LogP contribution in [0.15, 0.2) is 53.7 Å². The summed E-state index contributed by atoms with van der Waals surface area (Å²) < 4.78 is 5.02. The SMILES string of the molecule is COC(=O)C1=C(C)N(C2CC2)C(=O)NC1c1ccc(-c2ccccc2)s1. The van der Waals surface area contributed by atoms with Crippen LogP contribution in [0.25, 0.3) is 10.4 Å². The Labute approximate surface area is 156 Å². The Morgan fingerprint density at radius 1 is 1.19 bits per heavy atom. The van der Waals surface area contributed by atoms with E-state index in [9.17, 15) is 9.59 Å². The van der Waals surface area contributed by atoms with E-state index in [4.69, 9.17) is 4.74 Å². The minimum atomic E-state index is -0.479. The van der Waals surface area contributed by atoms with Crippen LogP contribution < -0.4 is 5.32 Å². The molecule has 0 bridgehead atoms. The van der Waals surface area contributed by atoms with Crippen LogP contribution in [0.1, 0.15) is 30.7 Å². The number of nitrogens with zero attached hydrogens (tertiary/aromatic N) is 1. The van der Waals surface area contributed by atoms with Crippen LogP contribution in [-0.4, -0.2) is 30.1 Å². The van der Waals surface area contributed by atoms with E-state index >= 15 is 0 Å². The fourth-order valence-corrected chi connectivity index (χ4v) is 4.46. The Kier molecular flexibility index (Phi) is 4.28. The zero-order chi connectivity index (χ0) is 18.3. The fourth-order valence-electron chi connectivity index (χ4n) is 3.38. The second-order valence-corrected chi connectivity index (χ2v) is 7.66. The summed E-state index contributed by atoms with van der Waals surface area (Å²) in [5.41, 5.74) is 2.33. The van der Waals surface area contributed by atoms with Gasteiger partial charge in [0.05, 0.1) is 18.7 Å². The van der Waals surface area contributed by atoms with E-state index < -0.39 is 12.0 Å². The van der Waals surface area contributed by atoms with Gasteiger partial charge in [0.1, 0.15) is 0 Å². The first-order valence-corrected chi connectivity index (χ1v) is 9.45. The summed E-state index contributed by atoms with van der Waals surface area (Å²) in [7, 11) is 1.38. The highest BCUT2D eigenvalue weighted by molar-refractivity contribution is 7.15. The standard InChI is InChI=1S/C20H20N2O3S/c1-12-17(19(23)25-2)18(21-20(24)22(12)14-8-9-14)16-11-10-15(26-16)13-6-4-3-5-7-13/h3-7,10-11,14,18H,8-9H2,1-2H3,(H,21,24). The average Bonchev–Trinajstić information content (AvgIpc) is 3.36. The Morgan fingerprint density at radius 3 is 2.58 bits per heavy atom. The van der Waals surface area contributed by atoms with Crippen molar-refractivity contribution in [3.8, 4) is 10.4 Å². The first-order valence-electron chi connectivity index (χ1n) is 8.64. The Hall–Kier alpha value is -2.60. The monoisotopic (exact) mass is 368 g/mol. The lowest BCUT2D eigenvalue weighted by Gasteiger charge is -2.34. The van der Waals surface area contributed by atoms with E-state index in [1.54, 1.807) is 16.2 Å². The van der Waals surface area contributed by atoms with E-state index in [0.717, 1.165) is 28.2 Å². The molecule has 2 amide bonds. The Morgan fingerprint density at radius 2 is 1.92 bits per heavy atom. The fraction of sp³-hybridized carbons (Fsp3) is 0.300. The van der Waals surface area contributed by atoms with Crippen molar-refractivity contribution in [2.45, 2.75) is 31.8 Å². The van der Waals surface area contributed by atoms with Crippen LogP contribution in [0.2, 0.25) is 0 Å². The molecule has 1 N–H and O–H groups in total. The first-order chi connectivity index (χ1) is 12.6. The van der Waals surface area contributed by atoms with Gasteiger partial charge in [-0.25, -0.2) is 9.59 Å². The lowest BCUT2D eigenvalue weighted by molar-refractivity contribution is -0.136. The number of benzene rings is 1. The summed E-state index contributed by atoms with van der Waals surface area (Å²) in [4.78, 5) is 28.8. The maximum atomic E-state index is 12.6. The van der Waals surface area contributed by atoms with Crippen LogP contribution in [0.5, 0.6) is 0 Å². The molecule has 1 aromatic carbocycles. The molecule has 0 spiro atoms. The summed E-state index contributed by atoms with van der Waals surface area (Å²) >= 11 is 1.58. The summed E-state index contributed by atoms with van der Waals surface area (Å²) in [5, 5.41) is 3.00. The maximum Gasteiger partial charge on any atom is 0.338 e. The van der Waals surface area contributed by atoms with Crippen molar-refractivity contribution < 1.29 is 14.3 Å². The molecular formula is C20H20N2O3S. The lowest BCUT2D eigenvalue weighted by Crippen LogP contribution is -2.48. The number of hydrogen-bond acceptors (Lipinski definition) is 4. The lowest BCUT2D eigenvalue weighted by atomic mass is 10.0. The smallest absolute Gasteiger partial charge is 0.338 e. The van der Waals surface area contributed by atoms with Crippen LogP contribution in [0.3, 0.4) is 0 Å². The molecule has 2 aromatic rings. The number of carbonyl (C=O) groups is 2. The summed E-state index contributed by atoms with van der Waals surface area (Å²) in [6.07, 6.45) is 1.95. The maximum absolute atomic E-state index is 12.6. The number of rotatable bonds is 4. The van der Waals surface area contributed by atoms with E-state index in [0.29, 0.717) is 11.3 Å². The van der Waals surface area contributed by atoms with Crippen molar-refractivity contribution in [1.29, 1.82) is 0 Å². The minimum absolute atomic E-state index is 0.141. The van der Waals surface area contributed by atoms with Crippen molar-refractivity contribution >= 4 is 23.3 Å². The normalized spacial score (nSPS) is 20.2. The van der Waals surface area contributed by atoms with Gasteiger partial charge in [-0.2, -0.15) is 0 Å². The molecule has 134 valence electrons. The third-order valence-electron chi connectivity index (χ3n) is 4.81. The Balaban J connectivity index is 1.74. The number of urea groups is 1. The van der Waals surface area contributed by atoms with Gasteiger partial charge in [-0.1, -0.05) is 30.3 Å². The van der Waals surface area contributed by atoms with Crippen LogP contribution in [0.4, 0.5) is 4.79 Å². The zero-order valence-corrected chi connectivity index (χ0v) is 15.5. The summed E-state index contributed by atoms with van der Waals surface area (Å²) in [6, 6.07) is 13.6. The predicted molar refractivity (Wildman–Crippen MR) is 101 cm³/mol. The molecule has 1 aliphatic heterocycles. The highest BCUT2D eigenvalue weighted by Crippen LogP contribution is 2.40.